The van der Waals surface area contributed by atoms with Crippen molar-refractivity contribution in [2.75, 3.05) is 13.3 Å². The van der Waals surface area contributed by atoms with Gasteiger partial charge in [-0.3, -0.25) is 4.84 Å². The van der Waals surface area contributed by atoms with E-state index in [4.69, 9.17) is 16.0 Å². The second-order valence-corrected chi connectivity index (χ2v) is 8.25. The Hall–Kier alpha value is -0.140. The molecule has 0 aliphatic rings. The molecule has 7 heteroatoms. The van der Waals surface area contributed by atoms with Crippen LogP contribution in [0.15, 0.2) is 5.16 Å². The molecule has 1 atom stereocenters. The molecule has 94 valence electrons. The number of thioether (sulfide) groups is 1. The maximum atomic E-state index is 11.6. The summed E-state index contributed by atoms with van der Waals surface area (Å²) in [6.07, 6.45) is 1.35. The summed E-state index contributed by atoms with van der Waals surface area (Å²) in [5.41, 5.74) is 0. The first kappa shape index (κ1) is 15.9. The van der Waals surface area contributed by atoms with Crippen molar-refractivity contribution in [3.05, 3.63) is 0 Å². The van der Waals surface area contributed by atoms with Gasteiger partial charge in [0.1, 0.15) is 5.04 Å². The molecule has 0 bridgehead atoms. The molecule has 4 nitrogen and oxygen atoms in total. The number of rotatable bonds is 2. The second kappa shape index (κ2) is 6.56. The lowest BCUT2D eigenvalue weighted by Crippen LogP contribution is -2.38. The van der Waals surface area contributed by atoms with Crippen LogP contribution in [0.2, 0.25) is 0 Å². The maximum absolute atomic E-state index is 11.6. The number of nitrogens with zero attached hydrogens (tertiary/aromatic N) is 2. The van der Waals surface area contributed by atoms with Crippen molar-refractivity contribution >= 4 is 43.7 Å². The highest BCUT2D eigenvalue weighted by Gasteiger charge is 2.24. The zero-order valence-corrected chi connectivity index (χ0v) is 12.9. The average molecular weight is 282 g/mol. The molecule has 16 heavy (non-hydrogen) atoms. The Morgan fingerprint density at radius 2 is 2.00 bits per heavy atom. The Balaban J connectivity index is 4.47. The molecule has 0 heterocycles. The van der Waals surface area contributed by atoms with Gasteiger partial charge in [0, 0.05) is 11.8 Å². The van der Waals surface area contributed by atoms with E-state index < -0.39 is 15.7 Å². The zero-order chi connectivity index (χ0) is 12.9. The lowest BCUT2D eigenvalue weighted by atomic mass is 10.3. The van der Waals surface area contributed by atoms with Crippen LogP contribution < -0.4 is 0 Å². The molecule has 0 saturated heterocycles. The van der Waals surface area contributed by atoms with Crippen LogP contribution in [0.25, 0.3) is 0 Å². The molecular weight excluding hydrogens is 264 g/mol. The normalized spacial score (nSPS) is 14.5. The van der Waals surface area contributed by atoms with Crippen LogP contribution in [0, 0.1) is 0 Å². The highest BCUT2D eigenvalue weighted by molar-refractivity contribution is 8.28. The first-order valence-electron chi connectivity index (χ1n) is 4.65. The second-order valence-electron chi connectivity index (χ2n) is 4.03. The summed E-state index contributed by atoms with van der Waals surface area (Å²) in [6.45, 7) is 7.74. The number of amides is 1. The smallest absolute Gasteiger partial charge is 0.296 e. The number of oxime groups is 1. The largest absolute Gasteiger partial charge is 0.446 e. The van der Waals surface area contributed by atoms with E-state index in [-0.39, 0.29) is 4.75 Å². The highest BCUT2D eigenvalue weighted by Crippen LogP contribution is 2.15. The highest BCUT2D eigenvalue weighted by atomic mass is 32.8. The lowest BCUT2D eigenvalue weighted by Gasteiger charge is -2.27. The third-order valence-electron chi connectivity index (χ3n) is 1.58. The molecule has 0 spiro atoms. The fourth-order valence-electron chi connectivity index (χ4n) is 0.677. The van der Waals surface area contributed by atoms with E-state index in [9.17, 15) is 4.79 Å². The van der Waals surface area contributed by atoms with Crippen LogP contribution in [0.4, 0.5) is 4.79 Å². The number of hydrogen-bond acceptors (Lipinski definition) is 5. The van der Waals surface area contributed by atoms with Crippen LogP contribution in [0.5, 0.6) is 0 Å². The molecule has 0 saturated carbocycles. The molecule has 0 aromatic carbocycles. The molecular formula is C9H18N2O2S3. The van der Waals surface area contributed by atoms with E-state index in [1.54, 1.807) is 14.0 Å². The van der Waals surface area contributed by atoms with Crippen LogP contribution in [-0.2, 0) is 25.7 Å². The van der Waals surface area contributed by atoms with Crippen molar-refractivity contribution in [2.24, 2.45) is 5.16 Å². The molecule has 0 aromatic rings. The number of hydrogen-bond donors (Lipinski definition) is 0. The Morgan fingerprint density at radius 3 is 2.38 bits per heavy atom. The Morgan fingerprint density at radius 1 is 1.50 bits per heavy atom. The van der Waals surface area contributed by atoms with Crippen molar-refractivity contribution < 1.29 is 9.63 Å². The van der Waals surface area contributed by atoms with Gasteiger partial charge in [-0.05, 0) is 54.8 Å². The monoisotopic (exact) mass is 282 g/mol. The number of carbonyl (C=O) groups excluding carboxylic acids is 1. The minimum Gasteiger partial charge on any atom is -0.296 e. The third-order valence-corrected chi connectivity index (χ3v) is 6.11. The summed E-state index contributed by atoms with van der Waals surface area (Å²) in [7, 11) is 1.02. The molecule has 0 fully saturated rings. The van der Waals surface area contributed by atoms with E-state index in [1.165, 1.54) is 16.1 Å². The van der Waals surface area contributed by atoms with Gasteiger partial charge < -0.3 is 0 Å². The van der Waals surface area contributed by atoms with Gasteiger partial charge in [-0.25, -0.2) is 9.10 Å². The van der Waals surface area contributed by atoms with Crippen molar-refractivity contribution in [1.29, 1.82) is 0 Å². The summed E-state index contributed by atoms with van der Waals surface area (Å²) < 4.78 is 1.27. The van der Waals surface area contributed by atoms with E-state index in [0.717, 1.165) is 0 Å². The van der Waals surface area contributed by atoms with Gasteiger partial charge >= 0.3 is 6.09 Å². The van der Waals surface area contributed by atoms with E-state index in [2.05, 4.69) is 5.16 Å². The van der Waals surface area contributed by atoms with Crippen molar-refractivity contribution in [1.82, 2.24) is 4.31 Å². The number of carbonyl (C=O) groups is 1. The predicted octanol–water partition coefficient (Wildman–Crippen LogP) is 2.54. The first-order valence-corrected chi connectivity index (χ1v) is 7.98. The van der Waals surface area contributed by atoms with Gasteiger partial charge in [-0.2, -0.15) is 0 Å². The summed E-state index contributed by atoms with van der Waals surface area (Å²) in [5, 5.41) is 4.37. The lowest BCUT2D eigenvalue weighted by molar-refractivity contribution is 0.136. The molecule has 0 rings (SSSR count). The minimum absolute atomic E-state index is 0.138. The Bertz CT molecular complexity index is 310. The van der Waals surface area contributed by atoms with E-state index in [1.807, 2.05) is 27.0 Å². The van der Waals surface area contributed by atoms with Crippen molar-refractivity contribution in [3.8, 4) is 0 Å². The fourth-order valence-corrected chi connectivity index (χ4v) is 1.96. The van der Waals surface area contributed by atoms with Crippen molar-refractivity contribution in [2.45, 2.75) is 32.4 Å². The predicted molar refractivity (Wildman–Crippen MR) is 75.4 cm³/mol. The summed E-state index contributed by atoms with van der Waals surface area (Å²) in [4.78, 5) is 16.3. The standard InChI is InChI=1S/C9H18N2O2S3/c1-7(15-6)10-13-8(12)11(5)16(14)9(2,3)4/h1-6H3. The van der Waals surface area contributed by atoms with Gasteiger partial charge in [0.15, 0.2) is 0 Å². The third kappa shape index (κ3) is 5.27. The summed E-state index contributed by atoms with van der Waals surface area (Å²) in [6, 6.07) is 0. The summed E-state index contributed by atoms with van der Waals surface area (Å²) in [5.74, 6) is 0. The van der Waals surface area contributed by atoms with E-state index in [0.29, 0.717) is 5.04 Å². The maximum Gasteiger partial charge on any atom is 0.446 e. The summed E-state index contributed by atoms with van der Waals surface area (Å²) >= 11 is 6.70. The van der Waals surface area contributed by atoms with Gasteiger partial charge in [0.2, 0.25) is 0 Å². The molecule has 0 N–H and O–H groups in total. The van der Waals surface area contributed by atoms with Gasteiger partial charge in [-0.15, -0.1) is 11.8 Å². The van der Waals surface area contributed by atoms with Gasteiger partial charge in [-0.1, -0.05) is 5.16 Å². The molecule has 0 aliphatic carbocycles. The molecule has 1 unspecified atom stereocenters. The molecule has 1 amide bonds. The fraction of sp³-hybridized carbons (Fsp3) is 0.778. The molecule has 0 radical (unpaired) electrons. The van der Waals surface area contributed by atoms with Crippen molar-refractivity contribution in [3.63, 3.8) is 0 Å². The molecule has 0 aliphatic heterocycles. The van der Waals surface area contributed by atoms with Crippen LogP contribution in [-0.4, -0.2) is 33.5 Å². The quantitative estimate of drug-likeness (QED) is 0.338. The molecule has 0 aromatic heterocycles. The Kier molecular flexibility index (Phi) is 6.50. The topological polar surface area (TPSA) is 41.9 Å². The van der Waals surface area contributed by atoms with Crippen LogP contribution >= 0.6 is 11.8 Å². The SMILES string of the molecule is CSC(C)=NOC(=O)N(C)S(=S)C(C)(C)C. The minimum atomic E-state index is -0.613. The average Bonchev–Trinajstić information content (AvgIpc) is 2.21. The van der Waals surface area contributed by atoms with Gasteiger partial charge in [0.25, 0.3) is 0 Å². The van der Waals surface area contributed by atoms with Crippen LogP contribution in [0.3, 0.4) is 0 Å². The first-order chi connectivity index (χ1) is 7.20. The van der Waals surface area contributed by atoms with Gasteiger partial charge in [0.05, 0.1) is 0 Å². The zero-order valence-electron chi connectivity index (χ0n) is 10.4. The Labute approximate surface area is 109 Å². The van der Waals surface area contributed by atoms with E-state index >= 15 is 0 Å². The van der Waals surface area contributed by atoms with Crippen LogP contribution in [0.1, 0.15) is 27.7 Å².